The Kier molecular flexibility index (Phi) is 3.27. The van der Waals surface area contributed by atoms with E-state index in [-0.39, 0.29) is 0 Å². The fourth-order valence-electron chi connectivity index (χ4n) is 1.95. The van der Waals surface area contributed by atoms with Crippen LogP contribution in [-0.4, -0.2) is 18.8 Å². The highest BCUT2D eigenvalue weighted by Crippen LogP contribution is 2.27. The Labute approximate surface area is 88.8 Å². The third-order valence-electron chi connectivity index (χ3n) is 3.06. The molecule has 0 aromatic carbocycles. The van der Waals surface area contributed by atoms with E-state index < -0.39 is 0 Å². The van der Waals surface area contributed by atoms with Gasteiger partial charge in [-0.1, -0.05) is 41.5 Å². The first-order chi connectivity index (χ1) is 6.21. The molecule has 0 aromatic heterocycles. The molecule has 0 spiro atoms. The van der Waals surface area contributed by atoms with Crippen molar-refractivity contribution in [1.29, 1.82) is 0 Å². The lowest BCUT2D eigenvalue weighted by Crippen LogP contribution is -2.62. The third kappa shape index (κ3) is 2.96. The lowest BCUT2D eigenvalue weighted by atomic mass is 9.81. The van der Waals surface area contributed by atoms with Crippen molar-refractivity contribution in [2.75, 3.05) is 6.54 Å². The highest BCUT2D eigenvalue weighted by atomic mass is 15.2. The van der Waals surface area contributed by atoms with E-state index in [4.69, 9.17) is 0 Å². The van der Waals surface area contributed by atoms with Crippen molar-refractivity contribution in [2.45, 2.75) is 60.2 Å². The number of rotatable bonds is 0. The van der Waals surface area contributed by atoms with Gasteiger partial charge in [-0.05, 0) is 23.8 Å². The molecule has 1 saturated heterocycles. The summed E-state index contributed by atoms with van der Waals surface area (Å²) >= 11 is 0. The molecule has 0 radical (unpaired) electrons. The third-order valence-corrected chi connectivity index (χ3v) is 3.06. The minimum atomic E-state index is 0.296. The second kappa shape index (κ2) is 3.82. The lowest BCUT2D eigenvalue weighted by Gasteiger charge is -2.44. The molecule has 1 fully saturated rings. The van der Waals surface area contributed by atoms with Crippen molar-refractivity contribution in [3.05, 3.63) is 0 Å². The van der Waals surface area contributed by atoms with Crippen LogP contribution in [0.3, 0.4) is 0 Å². The quantitative estimate of drug-likeness (QED) is 0.624. The average Bonchev–Trinajstić information content (AvgIpc) is 2.01. The van der Waals surface area contributed by atoms with E-state index in [0.717, 1.165) is 6.54 Å². The lowest BCUT2D eigenvalue weighted by molar-refractivity contribution is 0.120. The summed E-state index contributed by atoms with van der Waals surface area (Å²) in [6.45, 7) is 14.9. The van der Waals surface area contributed by atoms with Gasteiger partial charge in [0.2, 0.25) is 0 Å². The smallest absolute Gasteiger partial charge is 0.0624 e. The summed E-state index contributed by atoms with van der Waals surface area (Å²) < 4.78 is 0. The van der Waals surface area contributed by atoms with E-state index in [1.807, 2.05) is 0 Å². The molecule has 14 heavy (non-hydrogen) atoms. The molecule has 0 bridgehead atoms. The summed E-state index contributed by atoms with van der Waals surface area (Å²) in [6.07, 6.45) is 1.68. The molecule has 1 rings (SSSR count). The first kappa shape index (κ1) is 12.0. The first-order valence-corrected chi connectivity index (χ1v) is 5.71. The molecule has 2 unspecified atom stereocenters. The molecule has 1 heterocycles. The topological polar surface area (TPSA) is 24.1 Å². The molecular formula is C12H26N2. The van der Waals surface area contributed by atoms with Crippen molar-refractivity contribution < 1.29 is 0 Å². The van der Waals surface area contributed by atoms with Crippen molar-refractivity contribution in [1.82, 2.24) is 10.6 Å². The Bertz CT molecular complexity index is 165. The molecule has 2 atom stereocenters. The molecule has 2 nitrogen and oxygen atoms in total. The summed E-state index contributed by atoms with van der Waals surface area (Å²) in [6, 6.07) is 0.632. The predicted octanol–water partition coefficient (Wildman–Crippen LogP) is 2.36. The highest BCUT2D eigenvalue weighted by molar-refractivity contribution is 4.91. The van der Waals surface area contributed by atoms with Gasteiger partial charge in [-0.15, -0.1) is 0 Å². The molecule has 0 amide bonds. The maximum Gasteiger partial charge on any atom is 0.0624 e. The highest BCUT2D eigenvalue weighted by Gasteiger charge is 2.34. The summed E-state index contributed by atoms with van der Waals surface area (Å²) in [5.41, 5.74) is 0.662. The van der Waals surface area contributed by atoms with Crippen LogP contribution >= 0.6 is 0 Å². The Hall–Kier alpha value is -0.0800. The molecule has 0 aliphatic carbocycles. The van der Waals surface area contributed by atoms with Gasteiger partial charge in [-0.3, -0.25) is 5.32 Å². The predicted molar refractivity (Wildman–Crippen MR) is 62.2 cm³/mol. The van der Waals surface area contributed by atoms with E-state index in [1.165, 1.54) is 6.42 Å². The zero-order valence-corrected chi connectivity index (χ0v) is 10.6. The van der Waals surface area contributed by atoms with Gasteiger partial charge < -0.3 is 5.32 Å². The second-order valence-electron chi connectivity index (χ2n) is 6.63. The van der Waals surface area contributed by atoms with Crippen molar-refractivity contribution in [2.24, 2.45) is 10.8 Å². The van der Waals surface area contributed by atoms with Crippen LogP contribution in [0.5, 0.6) is 0 Å². The van der Waals surface area contributed by atoms with Gasteiger partial charge in [0.1, 0.15) is 0 Å². The summed E-state index contributed by atoms with van der Waals surface area (Å²) in [4.78, 5) is 0. The van der Waals surface area contributed by atoms with Gasteiger partial charge in [0.15, 0.2) is 0 Å². The molecule has 0 saturated carbocycles. The zero-order valence-electron chi connectivity index (χ0n) is 10.6. The molecule has 2 heteroatoms. The number of nitrogens with one attached hydrogen (secondary N) is 2. The van der Waals surface area contributed by atoms with Gasteiger partial charge >= 0.3 is 0 Å². The van der Waals surface area contributed by atoms with E-state index in [9.17, 15) is 0 Å². The van der Waals surface area contributed by atoms with Crippen molar-refractivity contribution >= 4 is 0 Å². The zero-order chi connectivity index (χ0) is 11.0. The van der Waals surface area contributed by atoms with Gasteiger partial charge in [0, 0.05) is 6.04 Å². The summed E-state index contributed by atoms with van der Waals surface area (Å²) in [5, 5.41) is 7.27. The molecule has 1 aliphatic rings. The van der Waals surface area contributed by atoms with Gasteiger partial charge in [0.05, 0.1) is 6.17 Å². The van der Waals surface area contributed by atoms with Gasteiger partial charge in [-0.25, -0.2) is 0 Å². The SMILES string of the molecule is CC(C)(C)C1CCNC(C(C)(C)C)N1. The average molecular weight is 198 g/mol. The summed E-state index contributed by atoms with van der Waals surface area (Å²) in [5.74, 6) is 0. The normalized spacial score (nSPS) is 30.4. The molecule has 84 valence electrons. The van der Waals surface area contributed by atoms with Crippen LogP contribution in [0.1, 0.15) is 48.0 Å². The van der Waals surface area contributed by atoms with E-state index in [1.54, 1.807) is 0 Å². The van der Waals surface area contributed by atoms with Crippen molar-refractivity contribution in [3.63, 3.8) is 0 Å². The Morgan fingerprint density at radius 3 is 1.93 bits per heavy atom. The van der Waals surface area contributed by atoms with Crippen LogP contribution in [0.2, 0.25) is 0 Å². The standard InChI is InChI=1S/C12H26N2/c1-11(2,3)9-7-8-13-10(14-9)12(4,5)6/h9-10,13-14H,7-8H2,1-6H3. The van der Waals surface area contributed by atoms with E-state index in [2.05, 4.69) is 52.2 Å². The second-order valence-corrected chi connectivity index (χ2v) is 6.63. The molecule has 0 aromatic rings. The van der Waals surface area contributed by atoms with Crippen LogP contribution in [0, 0.1) is 10.8 Å². The summed E-state index contributed by atoms with van der Waals surface area (Å²) in [7, 11) is 0. The van der Waals surface area contributed by atoms with Crippen LogP contribution < -0.4 is 10.6 Å². The molecular weight excluding hydrogens is 172 g/mol. The van der Waals surface area contributed by atoms with Gasteiger partial charge in [-0.2, -0.15) is 0 Å². The largest absolute Gasteiger partial charge is 0.301 e. The number of hydrogen-bond donors (Lipinski definition) is 2. The van der Waals surface area contributed by atoms with Crippen LogP contribution in [0.4, 0.5) is 0 Å². The Morgan fingerprint density at radius 2 is 1.50 bits per heavy atom. The minimum absolute atomic E-state index is 0.296. The van der Waals surface area contributed by atoms with Crippen LogP contribution in [0.25, 0.3) is 0 Å². The first-order valence-electron chi connectivity index (χ1n) is 5.71. The molecule has 1 aliphatic heterocycles. The van der Waals surface area contributed by atoms with Crippen molar-refractivity contribution in [3.8, 4) is 0 Å². The van der Waals surface area contributed by atoms with Crippen LogP contribution in [0.15, 0.2) is 0 Å². The fraction of sp³-hybridized carbons (Fsp3) is 1.00. The molecule has 2 N–H and O–H groups in total. The monoisotopic (exact) mass is 198 g/mol. The Balaban J connectivity index is 2.61. The van der Waals surface area contributed by atoms with E-state index >= 15 is 0 Å². The van der Waals surface area contributed by atoms with E-state index in [0.29, 0.717) is 23.0 Å². The fourth-order valence-corrected chi connectivity index (χ4v) is 1.95. The maximum atomic E-state index is 3.72. The number of hydrogen-bond acceptors (Lipinski definition) is 2. The minimum Gasteiger partial charge on any atom is -0.301 e. The Morgan fingerprint density at radius 1 is 0.929 bits per heavy atom. The van der Waals surface area contributed by atoms with Gasteiger partial charge in [0.25, 0.3) is 0 Å². The maximum absolute atomic E-state index is 3.72. The van der Waals surface area contributed by atoms with Crippen LogP contribution in [-0.2, 0) is 0 Å².